The second-order valence-corrected chi connectivity index (χ2v) is 11.4. The molecule has 0 saturated heterocycles. The number of ether oxygens (including phenoxy) is 2. The van der Waals surface area contributed by atoms with E-state index >= 15 is 0 Å². The van der Waals surface area contributed by atoms with Crippen LogP contribution < -0.4 is 9.47 Å². The molecule has 0 atom stereocenters. The van der Waals surface area contributed by atoms with Gasteiger partial charge in [0, 0.05) is 9.75 Å². The Hall–Kier alpha value is -2.59. The number of aryl methyl sites for hydroxylation is 1. The average Bonchev–Trinajstić information content (AvgIpc) is 3.42. The Morgan fingerprint density at radius 1 is 0.632 bits per heavy atom. The van der Waals surface area contributed by atoms with Crippen molar-refractivity contribution in [1.29, 1.82) is 0 Å². The maximum atomic E-state index is 12.6. The van der Waals surface area contributed by atoms with Crippen LogP contribution in [0.25, 0.3) is 10.4 Å². The molecule has 0 aliphatic rings. The molecule has 3 rings (SSSR count). The van der Waals surface area contributed by atoms with E-state index in [0.29, 0.717) is 17.9 Å². The Kier molecular flexibility index (Phi) is 14.1. The zero-order valence-corrected chi connectivity index (χ0v) is 24.3. The minimum Gasteiger partial charge on any atom is -0.494 e. The lowest BCUT2D eigenvalue weighted by Crippen LogP contribution is -2.08. The lowest BCUT2D eigenvalue weighted by Gasteiger charge is -2.08. The van der Waals surface area contributed by atoms with Gasteiger partial charge in [-0.2, -0.15) is 0 Å². The summed E-state index contributed by atoms with van der Waals surface area (Å²) in [6.45, 7) is 5.16. The number of rotatable bonds is 19. The topological polar surface area (TPSA) is 35.5 Å². The normalized spacial score (nSPS) is 11.0. The molecule has 4 heteroatoms. The van der Waals surface area contributed by atoms with Crippen molar-refractivity contribution >= 4 is 17.3 Å². The van der Waals surface area contributed by atoms with E-state index in [4.69, 9.17) is 9.47 Å². The molecular formula is C34H46O3S. The zero-order valence-electron chi connectivity index (χ0n) is 23.5. The maximum absolute atomic E-state index is 12.6. The van der Waals surface area contributed by atoms with Gasteiger partial charge in [0.05, 0.1) is 12.2 Å². The molecule has 2 aromatic carbocycles. The van der Waals surface area contributed by atoms with Gasteiger partial charge in [0.2, 0.25) is 0 Å². The van der Waals surface area contributed by atoms with Crippen LogP contribution in [0, 0.1) is 0 Å². The standard InChI is InChI=1S/C34H46O3S/c1-3-5-7-8-9-10-11-12-13-14-16-32-25-26-33(38-32)28-17-19-29(20-18-28)34(35)37-31-23-21-30(22-24-31)36-27-15-6-4-2/h17-26H,3-16,27H2,1-2H3. The maximum Gasteiger partial charge on any atom is 0.343 e. The molecule has 0 bridgehead atoms. The van der Waals surface area contributed by atoms with Gasteiger partial charge >= 0.3 is 5.97 Å². The van der Waals surface area contributed by atoms with Gasteiger partial charge in [-0.25, -0.2) is 4.79 Å². The second kappa shape index (κ2) is 17.8. The highest BCUT2D eigenvalue weighted by Crippen LogP contribution is 2.30. The smallest absolute Gasteiger partial charge is 0.343 e. The van der Waals surface area contributed by atoms with Crippen LogP contribution in [0.1, 0.15) is 113 Å². The first-order valence-electron chi connectivity index (χ1n) is 14.8. The van der Waals surface area contributed by atoms with Crippen LogP contribution in [-0.4, -0.2) is 12.6 Å². The fourth-order valence-corrected chi connectivity index (χ4v) is 5.59. The van der Waals surface area contributed by atoms with Crippen molar-refractivity contribution in [3.8, 4) is 21.9 Å². The Balaban J connectivity index is 1.37. The van der Waals surface area contributed by atoms with E-state index in [9.17, 15) is 4.79 Å². The molecular weight excluding hydrogens is 488 g/mol. The molecule has 0 N–H and O–H groups in total. The van der Waals surface area contributed by atoms with E-state index in [0.717, 1.165) is 24.2 Å². The first kappa shape index (κ1) is 30.0. The van der Waals surface area contributed by atoms with Gasteiger partial charge < -0.3 is 9.47 Å². The third-order valence-corrected chi connectivity index (χ3v) is 8.09. The van der Waals surface area contributed by atoms with E-state index in [2.05, 4.69) is 26.0 Å². The monoisotopic (exact) mass is 534 g/mol. The highest BCUT2D eigenvalue weighted by Gasteiger charge is 2.10. The Labute approximate surface area is 234 Å². The number of carbonyl (C=O) groups is 1. The van der Waals surface area contributed by atoms with Crippen LogP contribution >= 0.6 is 11.3 Å². The lowest BCUT2D eigenvalue weighted by molar-refractivity contribution is 0.0734. The number of esters is 1. The molecule has 0 radical (unpaired) electrons. The minimum absolute atomic E-state index is 0.346. The predicted octanol–water partition coefficient (Wildman–Crippen LogP) is 10.7. The highest BCUT2D eigenvalue weighted by atomic mass is 32.1. The van der Waals surface area contributed by atoms with Crippen molar-refractivity contribution in [3.63, 3.8) is 0 Å². The average molecular weight is 535 g/mol. The summed E-state index contributed by atoms with van der Waals surface area (Å²) in [6.07, 6.45) is 18.3. The summed E-state index contributed by atoms with van der Waals surface area (Å²) in [5, 5.41) is 0. The summed E-state index contributed by atoms with van der Waals surface area (Å²) >= 11 is 1.86. The molecule has 0 spiro atoms. The highest BCUT2D eigenvalue weighted by molar-refractivity contribution is 7.15. The Morgan fingerprint density at radius 3 is 1.87 bits per heavy atom. The summed E-state index contributed by atoms with van der Waals surface area (Å²) < 4.78 is 11.3. The molecule has 1 aromatic heterocycles. The largest absolute Gasteiger partial charge is 0.494 e. The van der Waals surface area contributed by atoms with Crippen LogP contribution in [0.2, 0.25) is 0 Å². The number of thiophene rings is 1. The van der Waals surface area contributed by atoms with Gasteiger partial charge in [0.1, 0.15) is 11.5 Å². The molecule has 3 aromatic rings. The van der Waals surface area contributed by atoms with Crippen molar-refractivity contribution in [3.05, 3.63) is 71.1 Å². The number of hydrogen-bond acceptors (Lipinski definition) is 4. The third-order valence-electron chi connectivity index (χ3n) is 6.89. The lowest BCUT2D eigenvalue weighted by atomic mass is 10.1. The van der Waals surface area contributed by atoms with E-state index < -0.39 is 0 Å². The van der Waals surface area contributed by atoms with Crippen molar-refractivity contribution in [2.75, 3.05) is 6.61 Å². The number of hydrogen-bond donors (Lipinski definition) is 0. The summed E-state index contributed by atoms with van der Waals surface area (Å²) in [6, 6.07) is 19.5. The number of carbonyl (C=O) groups excluding carboxylic acids is 1. The van der Waals surface area contributed by atoms with Crippen LogP contribution in [0.15, 0.2) is 60.7 Å². The molecule has 0 fully saturated rings. The molecule has 0 saturated carbocycles. The van der Waals surface area contributed by atoms with Crippen molar-refractivity contribution in [1.82, 2.24) is 0 Å². The number of benzene rings is 2. The van der Waals surface area contributed by atoms with Crippen LogP contribution in [0.3, 0.4) is 0 Å². The van der Waals surface area contributed by atoms with E-state index in [1.165, 1.54) is 86.8 Å². The zero-order chi connectivity index (χ0) is 26.8. The molecule has 3 nitrogen and oxygen atoms in total. The van der Waals surface area contributed by atoms with Gasteiger partial charge in [0.15, 0.2) is 0 Å². The minimum atomic E-state index is -0.346. The predicted molar refractivity (Wildman–Crippen MR) is 162 cm³/mol. The van der Waals surface area contributed by atoms with E-state index in [1.54, 1.807) is 12.1 Å². The third kappa shape index (κ3) is 11.0. The molecule has 0 aliphatic heterocycles. The summed E-state index contributed by atoms with van der Waals surface area (Å²) in [5.74, 6) is 0.976. The van der Waals surface area contributed by atoms with Gasteiger partial charge in [-0.3, -0.25) is 0 Å². The summed E-state index contributed by atoms with van der Waals surface area (Å²) in [7, 11) is 0. The Bertz CT molecular complexity index is 1040. The first-order valence-corrected chi connectivity index (χ1v) is 15.7. The van der Waals surface area contributed by atoms with Gasteiger partial charge in [0.25, 0.3) is 0 Å². The van der Waals surface area contributed by atoms with Gasteiger partial charge in [-0.05, 0) is 73.4 Å². The second-order valence-electron chi connectivity index (χ2n) is 10.2. The Morgan fingerprint density at radius 2 is 1.21 bits per heavy atom. The number of unbranched alkanes of at least 4 members (excludes halogenated alkanes) is 11. The summed E-state index contributed by atoms with van der Waals surface area (Å²) in [4.78, 5) is 15.3. The van der Waals surface area contributed by atoms with Crippen LogP contribution in [0.5, 0.6) is 11.5 Å². The van der Waals surface area contributed by atoms with E-state index in [-0.39, 0.29) is 5.97 Å². The van der Waals surface area contributed by atoms with E-state index in [1.807, 2.05) is 47.7 Å². The van der Waals surface area contributed by atoms with Crippen molar-refractivity contribution in [2.24, 2.45) is 0 Å². The fourth-order valence-electron chi connectivity index (χ4n) is 4.54. The molecule has 206 valence electrons. The van der Waals surface area contributed by atoms with Gasteiger partial charge in [-0.15, -0.1) is 11.3 Å². The van der Waals surface area contributed by atoms with Crippen LogP contribution in [-0.2, 0) is 6.42 Å². The van der Waals surface area contributed by atoms with Crippen LogP contribution in [0.4, 0.5) is 0 Å². The molecule has 0 unspecified atom stereocenters. The molecule has 38 heavy (non-hydrogen) atoms. The molecule has 0 amide bonds. The summed E-state index contributed by atoms with van der Waals surface area (Å²) in [5.41, 5.74) is 1.70. The van der Waals surface area contributed by atoms with Gasteiger partial charge in [-0.1, -0.05) is 96.6 Å². The quantitative estimate of drug-likeness (QED) is 0.0871. The molecule has 1 heterocycles. The first-order chi connectivity index (χ1) is 18.7. The fraction of sp³-hybridized carbons (Fsp3) is 0.500. The van der Waals surface area contributed by atoms with Crippen molar-refractivity contribution in [2.45, 2.75) is 104 Å². The molecule has 0 aliphatic carbocycles. The van der Waals surface area contributed by atoms with Crippen molar-refractivity contribution < 1.29 is 14.3 Å². The SMILES string of the molecule is CCCCCCCCCCCCc1ccc(-c2ccc(C(=O)Oc3ccc(OCCCCC)cc3)cc2)s1.